The fourth-order valence-electron chi connectivity index (χ4n) is 1.19. The highest BCUT2D eigenvalue weighted by molar-refractivity contribution is 6.37. The zero-order valence-corrected chi connectivity index (χ0v) is 10.7. The Hall–Kier alpha value is -1.20. The van der Waals surface area contributed by atoms with Gasteiger partial charge in [0.2, 0.25) is 0 Å². The van der Waals surface area contributed by atoms with E-state index in [9.17, 15) is 5.11 Å². The standard InChI is InChI=1S/C12H19BO4/c1-9(2)15-13(16-10(3)4)17-12-8-6-5-7-11(12)14/h5-10,14H,1-4H3. The summed E-state index contributed by atoms with van der Waals surface area (Å²) in [5.41, 5.74) is 0. The Labute approximate surface area is 103 Å². The van der Waals surface area contributed by atoms with Gasteiger partial charge in [0.05, 0.1) is 0 Å². The SMILES string of the molecule is CC(C)OB(Oc1ccccc1O)OC(C)C. The molecule has 0 fully saturated rings. The van der Waals surface area contributed by atoms with Crippen molar-refractivity contribution in [3.8, 4) is 11.5 Å². The van der Waals surface area contributed by atoms with Crippen LogP contribution in [0.4, 0.5) is 0 Å². The van der Waals surface area contributed by atoms with Gasteiger partial charge in [0.15, 0.2) is 5.75 Å². The molecule has 0 amide bonds. The van der Waals surface area contributed by atoms with Crippen LogP contribution in [-0.4, -0.2) is 24.6 Å². The maximum Gasteiger partial charge on any atom is 0.713 e. The molecule has 0 unspecified atom stereocenters. The predicted molar refractivity (Wildman–Crippen MR) is 66.9 cm³/mol. The molecule has 0 spiro atoms. The zero-order valence-electron chi connectivity index (χ0n) is 10.7. The Morgan fingerprint density at radius 1 is 1.00 bits per heavy atom. The highest BCUT2D eigenvalue weighted by Gasteiger charge is 2.27. The minimum Gasteiger partial charge on any atom is -0.509 e. The summed E-state index contributed by atoms with van der Waals surface area (Å²) in [6, 6.07) is 6.72. The lowest BCUT2D eigenvalue weighted by atomic mass is 10.2. The first-order valence-corrected chi connectivity index (χ1v) is 5.74. The van der Waals surface area contributed by atoms with E-state index < -0.39 is 7.32 Å². The Bertz CT molecular complexity index is 331. The smallest absolute Gasteiger partial charge is 0.509 e. The fourth-order valence-corrected chi connectivity index (χ4v) is 1.19. The van der Waals surface area contributed by atoms with E-state index in [1.54, 1.807) is 24.3 Å². The zero-order chi connectivity index (χ0) is 12.8. The van der Waals surface area contributed by atoms with Crippen molar-refractivity contribution in [3.63, 3.8) is 0 Å². The van der Waals surface area contributed by atoms with E-state index in [4.69, 9.17) is 14.0 Å². The molecule has 94 valence electrons. The molecule has 1 rings (SSSR count). The van der Waals surface area contributed by atoms with Gasteiger partial charge in [-0.05, 0) is 39.8 Å². The largest absolute Gasteiger partial charge is 0.713 e. The van der Waals surface area contributed by atoms with Gasteiger partial charge in [0.1, 0.15) is 5.75 Å². The van der Waals surface area contributed by atoms with Crippen molar-refractivity contribution in [2.75, 3.05) is 0 Å². The Kier molecular flexibility index (Phi) is 5.32. The van der Waals surface area contributed by atoms with E-state index in [2.05, 4.69) is 0 Å². The van der Waals surface area contributed by atoms with Crippen LogP contribution < -0.4 is 4.65 Å². The van der Waals surface area contributed by atoms with Crippen LogP contribution in [0.3, 0.4) is 0 Å². The predicted octanol–water partition coefficient (Wildman–Crippen LogP) is 2.61. The summed E-state index contributed by atoms with van der Waals surface area (Å²) in [5, 5.41) is 9.59. The number of hydrogen-bond acceptors (Lipinski definition) is 4. The van der Waals surface area contributed by atoms with Crippen molar-refractivity contribution in [2.24, 2.45) is 0 Å². The van der Waals surface area contributed by atoms with Gasteiger partial charge in [-0.15, -0.1) is 0 Å². The number of benzene rings is 1. The van der Waals surface area contributed by atoms with Crippen LogP contribution in [0.5, 0.6) is 11.5 Å². The fraction of sp³-hybridized carbons (Fsp3) is 0.500. The molecule has 0 radical (unpaired) electrons. The molecule has 5 heteroatoms. The molecule has 0 aliphatic heterocycles. The molecule has 1 aromatic carbocycles. The van der Waals surface area contributed by atoms with Crippen LogP contribution >= 0.6 is 0 Å². The van der Waals surface area contributed by atoms with Gasteiger partial charge in [0.25, 0.3) is 0 Å². The summed E-state index contributed by atoms with van der Waals surface area (Å²) in [4.78, 5) is 0. The quantitative estimate of drug-likeness (QED) is 0.774. The lowest BCUT2D eigenvalue weighted by molar-refractivity contribution is 0.0841. The molecular weight excluding hydrogens is 219 g/mol. The second-order valence-corrected chi connectivity index (χ2v) is 4.24. The number of hydrogen-bond donors (Lipinski definition) is 1. The number of rotatable bonds is 6. The Morgan fingerprint density at radius 2 is 1.53 bits per heavy atom. The minimum atomic E-state index is -0.816. The Morgan fingerprint density at radius 3 is 2.00 bits per heavy atom. The molecule has 0 saturated carbocycles. The van der Waals surface area contributed by atoms with Crippen LogP contribution in [0.15, 0.2) is 24.3 Å². The summed E-state index contributed by atoms with van der Waals surface area (Å²) < 4.78 is 16.4. The molecular formula is C12H19BO4. The molecule has 0 aliphatic carbocycles. The highest BCUT2D eigenvalue weighted by atomic mass is 16.7. The third-order valence-electron chi connectivity index (χ3n) is 1.86. The van der Waals surface area contributed by atoms with E-state index in [1.165, 1.54) is 0 Å². The van der Waals surface area contributed by atoms with Gasteiger partial charge in [-0.1, -0.05) is 12.1 Å². The van der Waals surface area contributed by atoms with E-state index in [-0.39, 0.29) is 18.0 Å². The monoisotopic (exact) mass is 238 g/mol. The molecule has 1 aromatic rings. The van der Waals surface area contributed by atoms with Crippen molar-refractivity contribution in [2.45, 2.75) is 39.9 Å². The summed E-state index contributed by atoms with van der Waals surface area (Å²) in [6.07, 6.45) is -0.0470. The molecule has 0 aliphatic rings. The van der Waals surface area contributed by atoms with E-state index >= 15 is 0 Å². The third-order valence-corrected chi connectivity index (χ3v) is 1.86. The number of aromatic hydroxyl groups is 1. The van der Waals surface area contributed by atoms with Crippen molar-refractivity contribution < 1.29 is 19.1 Å². The first kappa shape index (κ1) is 13.9. The van der Waals surface area contributed by atoms with Gasteiger partial charge < -0.3 is 19.1 Å². The highest BCUT2D eigenvalue weighted by Crippen LogP contribution is 2.25. The number of para-hydroxylation sites is 2. The van der Waals surface area contributed by atoms with Crippen LogP contribution in [-0.2, 0) is 9.31 Å². The van der Waals surface area contributed by atoms with Gasteiger partial charge in [-0.3, -0.25) is 0 Å². The van der Waals surface area contributed by atoms with Gasteiger partial charge in [-0.25, -0.2) is 0 Å². The van der Waals surface area contributed by atoms with Crippen molar-refractivity contribution in [1.82, 2.24) is 0 Å². The van der Waals surface area contributed by atoms with Gasteiger partial charge >= 0.3 is 7.32 Å². The van der Waals surface area contributed by atoms with Gasteiger partial charge in [0, 0.05) is 12.2 Å². The Balaban J connectivity index is 2.68. The lowest BCUT2D eigenvalue weighted by Crippen LogP contribution is -2.35. The summed E-state index contributed by atoms with van der Waals surface area (Å²) in [5.74, 6) is 0.413. The second-order valence-electron chi connectivity index (χ2n) is 4.24. The van der Waals surface area contributed by atoms with E-state index in [1.807, 2.05) is 27.7 Å². The van der Waals surface area contributed by atoms with Crippen LogP contribution in [0.25, 0.3) is 0 Å². The molecule has 4 nitrogen and oxygen atoms in total. The van der Waals surface area contributed by atoms with E-state index in [0.29, 0.717) is 5.75 Å². The van der Waals surface area contributed by atoms with E-state index in [0.717, 1.165) is 0 Å². The lowest BCUT2D eigenvalue weighted by Gasteiger charge is -2.19. The number of phenols is 1. The molecule has 0 heterocycles. The maximum absolute atomic E-state index is 9.59. The summed E-state index contributed by atoms with van der Waals surface area (Å²) >= 11 is 0. The molecule has 0 saturated heterocycles. The van der Waals surface area contributed by atoms with Crippen molar-refractivity contribution >= 4 is 7.32 Å². The first-order chi connectivity index (χ1) is 7.99. The van der Waals surface area contributed by atoms with Crippen LogP contribution in [0.2, 0.25) is 0 Å². The van der Waals surface area contributed by atoms with Crippen molar-refractivity contribution in [3.05, 3.63) is 24.3 Å². The summed E-state index contributed by atoms with van der Waals surface area (Å²) in [7, 11) is -0.816. The maximum atomic E-state index is 9.59. The molecule has 0 atom stereocenters. The normalized spacial score (nSPS) is 10.9. The molecule has 0 aromatic heterocycles. The topological polar surface area (TPSA) is 47.9 Å². The van der Waals surface area contributed by atoms with Gasteiger partial charge in [-0.2, -0.15) is 0 Å². The molecule has 1 N–H and O–H groups in total. The second kappa shape index (κ2) is 6.52. The third kappa shape index (κ3) is 5.11. The van der Waals surface area contributed by atoms with Crippen LogP contribution in [0.1, 0.15) is 27.7 Å². The summed E-state index contributed by atoms with van der Waals surface area (Å²) in [6.45, 7) is 7.57. The van der Waals surface area contributed by atoms with Crippen molar-refractivity contribution in [1.29, 1.82) is 0 Å². The minimum absolute atomic E-state index is 0.0235. The average molecular weight is 238 g/mol. The first-order valence-electron chi connectivity index (χ1n) is 5.74. The molecule has 0 bridgehead atoms. The van der Waals surface area contributed by atoms with Crippen LogP contribution in [0, 0.1) is 0 Å². The molecule has 17 heavy (non-hydrogen) atoms. The average Bonchev–Trinajstić information content (AvgIpc) is 2.19. The number of phenolic OH excluding ortho intramolecular Hbond substituents is 1.